The van der Waals surface area contributed by atoms with Gasteiger partial charge in [0.05, 0.1) is 11.1 Å². The van der Waals surface area contributed by atoms with Gasteiger partial charge in [0, 0.05) is 12.6 Å². The summed E-state index contributed by atoms with van der Waals surface area (Å²) in [5.41, 5.74) is -3.19. The van der Waals surface area contributed by atoms with E-state index in [1.807, 2.05) is 0 Å². The Balaban J connectivity index is 1.81. The Kier molecular flexibility index (Phi) is 3.63. The van der Waals surface area contributed by atoms with Crippen LogP contribution in [0.15, 0.2) is 45.6 Å². The molecule has 2 heterocycles. The van der Waals surface area contributed by atoms with Gasteiger partial charge in [0.2, 0.25) is 0 Å². The predicted molar refractivity (Wildman–Crippen MR) is 74.7 cm³/mol. The van der Waals surface area contributed by atoms with Crippen LogP contribution in [0.2, 0.25) is 0 Å². The van der Waals surface area contributed by atoms with Crippen LogP contribution in [0.5, 0.6) is 0 Å². The molecule has 0 fully saturated rings. The number of aromatic nitrogens is 3. The number of aryl methyl sites for hydroxylation is 1. The maximum absolute atomic E-state index is 12.9. The fraction of sp³-hybridized carbons (Fsp3) is 0.250. The SMILES string of the molecule is Cn1ncc(C(=O)NS(=O)(=O)c2ccc(C3(C(F)(F)F)N=N3)cc2)n1. The summed E-state index contributed by atoms with van der Waals surface area (Å²) in [6, 6.07) is 3.74. The minimum absolute atomic E-state index is 0.228. The molecule has 13 heteroatoms. The summed E-state index contributed by atoms with van der Waals surface area (Å²) in [6.07, 6.45) is -3.65. The van der Waals surface area contributed by atoms with Crippen LogP contribution in [0.4, 0.5) is 13.2 Å². The highest BCUT2D eigenvalue weighted by Gasteiger charge is 2.65. The van der Waals surface area contributed by atoms with Gasteiger partial charge in [-0.2, -0.15) is 23.1 Å². The fourth-order valence-corrected chi connectivity index (χ4v) is 2.95. The Morgan fingerprint density at radius 1 is 1.20 bits per heavy atom. The lowest BCUT2D eigenvalue weighted by atomic mass is 10.0. The molecule has 25 heavy (non-hydrogen) atoms. The third kappa shape index (κ3) is 2.97. The number of amides is 1. The molecule has 1 N–H and O–H groups in total. The molecule has 0 saturated carbocycles. The number of halogens is 3. The van der Waals surface area contributed by atoms with Gasteiger partial charge in [-0.1, -0.05) is 12.1 Å². The van der Waals surface area contributed by atoms with E-state index in [-0.39, 0.29) is 11.3 Å². The Bertz CT molecular complexity index is 959. The topological polar surface area (TPSA) is 119 Å². The number of carbonyl (C=O) groups is 1. The minimum Gasteiger partial charge on any atom is -0.266 e. The number of nitrogens with zero attached hydrogens (tertiary/aromatic N) is 5. The lowest BCUT2D eigenvalue weighted by Crippen LogP contribution is -2.32. The van der Waals surface area contributed by atoms with Crippen molar-refractivity contribution in [3.63, 3.8) is 0 Å². The lowest BCUT2D eigenvalue weighted by Gasteiger charge is -2.15. The summed E-state index contributed by atoms with van der Waals surface area (Å²) in [5.74, 6) is -1.02. The van der Waals surface area contributed by atoms with E-state index in [9.17, 15) is 26.4 Å². The van der Waals surface area contributed by atoms with Crippen LogP contribution in [0, 0.1) is 0 Å². The van der Waals surface area contributed by atoms with Gasteiger partial charge >= 0.3 is 11.8 Å². The van der Waals surface area contributed by atoms with Gasteiger partial charge in [0.25, 0.3) is 15.9 Å². The van der Waals surface area contributed by atoms with E-state index in [0.717, 1.165) is 35.3 Å². The zero-order valence-corrected chi connectivity index (χ0v) is 13.2. The molecule has 9 nitrogen and oxygen atoms in total. The molecule has 1 aromatic carbocycles. The maximum atomic E-state index is 12.9. The molecule has 0 unspecified atom stereocenters. The Labute approximate surface area is 138 Å². The zero-order valence-electron chi connectivity index (χ0n) is 12.4. The van der Waals surface area contributed by atoms with E-state index in [1.54, 1.807) is 4.72 Å². The third-order valence-corrected chi connectivity index (χ3v) is 4.67. The third-order valence-electron chi connectivity index (χ3n) is 3.32. The summed E-state index contributed by atoms with van der Waals surface area (Å²) in [6.45, 7) is 0. The van der Waals surface area contributed by atoms with Gasteiger partial charge < -0.3 is 0 Å². The van der Waals surface area contributed by atoms with Gasteiger partial charge in [-0.25, -0.2) is 13.1 Å². The van der Waals surface area contributed by atoms with Crippen LogP contribution in [0.25, 0.3) is 0 Å². The first kappa shape index (κ1) is 17.0. The number of carbonyl (C=O) groups excluding carboxylic acids is 1. The number of nitrogens with one attached hydrogen (secondary N) is 1. The average Bonchev–Trinajstić information content (AvgIpc) is 3.23. The largest absolute Gasteiger partial charge is 0.442 e. The van der Waals surface area contributed by atoms with Gasteiger partial charge in [-0.15, -0.1) is 15.3 Å². The van der Waals surface area contributed by atoms with Crippen molar-refractivity contribution in [2.75, 3.05) is 0 Å². The number of hydrogen-bond donors (Lipinski definition) is 1. The van der Waals surface area contributed by atoms with Crippen molar-refractivity contribution in [2.24, 2.45) is 17.3 Å². The second-order valence-electron chi connectivity index (χ2n) is 5.05. The molecular weight excluding hydrogens is 365 g/mol. The number of alkyl halides is 3. The van der Waals surface area contributed by atoms with Crippen LogP contribution in [0.3, 0.4) is 0 Å². The fourth-order valence-electron chi connectivity index (χ4n) is 1.99. The standard InChI is InChI=1S/C12H9F3N6O3S/c1-21-16-6-9(17-21)10(22)18-25(23,24)8-4-2-7(3-5-8)11(19-20-11)12(13,14)15/h2-6H,1H3,(H,18,22). The first-order valence-electron chi connectivity index (χ1n) is 6.60. The highest BCUT2D eigenvalue weighted by atomic mass is 32.2. The number of hydrogen-bond acceptors (Lipinski definition) is 7. The van der Waals surface area contributed by atoms with Crippen molar-refractivity contribution in [3.8, 4) is 0 Å². The van der Waals surface area contributed by atoms with E-state index in [4.69, 9.17) is 0 Å². The quantitative estimate of drug-likeness (QED) is 0.860. The summed E-state index contributed by atoms with van der Waals surface area (Å²) >= 11 is 0. The van der Waals surface area contributed by atoms with E-state index >= 15 is 0 Å². The Morgan fingerprint density at radius 2 is 1.80 bits per heavy atom. The minimum atomic E-state index is -4.71. The van der Waals surface area contributed by atoms with Gasteiger partial charge in [-0.05, 0) is 12.1 Å². The summed E-state index contributed by atoms with van der Waals surface area (Å²) in [4.78, 5) is 12.5. The summed E-state index contributed by atoms with van der Waals surface area (Å²) in [7, 11) is -2.86. The number of benzene rings is 1. The van der Waals surface area contributed by atoms with Crippen LogP contribution < -0.4 is 4.72 Å². The van der Waals surface area contributed by atoms with Gasteiger partial charge in [-0.3, -0.25) is 4.79 Å². The molecule has 0 radical (unpaired) electrons. The van der Waals surface area contributed by atoms with Crippen molar-refractivity contribution in [3.05, 3.63) is 41.7 Å². The summed E-state index contributed by atoms with van der Waals surface area (Å²) < 4.78 is 64.7. The first-order valence-corrected chi connectivity index (χ1v) is 8.08. The molecular formula is C12H9F3N6O3S. The molecule has 3 rings (SSSR count). The molecule has 1 aliphatic rings. The Hall–Kier alpha value is -2.83. The van der Waals surface area contributed by atoms with Crippen molar-refractivity contribution in [1.82, 2.24) is 19.7 Å². The molecule has 0 aliphatic carbocycles. The molecule has 0 saturated heterocycles. The summed E-state index contributed by atoms with van der Waals surface area (Å²) in [5, 5.41) is 13.3. The van der Waals surface area contributed by atoms with Crippen LogP contribution in [-0.2, 0) is 22.7 Å². The lowest BCUT2D eigenvalue weighted by molar-refractivity contribution is -0.166. The van der Waals surface area contributed by atoms with E-state index < -0.39 is 32.7 Å². The van der Waals surface area contributed by atoms with Crippen molar-refractivity contribution < 1.29 is 26.4 Å². The second-order valence-corrected chi connectivity index (χ2v) is 6.73. The highest BCUT2D eigenvalue weighted by molar-refractivity contribution is 7.90. The van der Waals surface area contributed by atoms with E-state index in [0.29, 0.717) is 0 Å². The Morgan fingerprint density at radius 3 is 2.24 bits per heavy atom. The molecule has 1 amide bonds. The predicted octanol–water partition coefficient (Wildman–Crippen LogP) is 1.11. The monoisotopic (exact) mass is 374 g/mol. The van der Waals surface area contributed by atoms with Crippen LogP contribution in [0.1, 0.15) is 16.1 Å². The molecule has 2 aromatic rings. The van der Waals surface area contributed by atoms with Crippen molar-refractivity contribution in [1.29, 1.82) is 0 Å². The maximum Gasteiger partial charge on any atom is 0.442 e. The highest BCUT2D eigenvalue weighted by Crippen LogP contribution is 2.52. The van der Waals surface area contributed by atoms with E-state index in [1.165, 1.54) is 7.05 Å². The van der Waals surface area contributed by atoms with Crippen LogP contribution in [-0.4, -0.2) is 35.5 Å². The first-order chi connectivity index (χ1) is 11.6. The molecule has 1 aliphatic heterocycles. The molecule has 0 atom stereocenters. The van der Waals surface area contributed by atoms with Gasteiger partial charge in [0.15, 0.2) is 5.69 Å². The second kappa shape index (κ2) is 5.34. The number of rotatable bonds is 4. The van der Waals surface area contributed by atoms with Crippen molar-refractivity contribution >= 4 is 15.9 Å². The van der Waals surface area contributed by atoms with E-state index in [2.05, 4.69) is 20.4 Å². The number of sulfonamides is 1. The van der Waals surface area contributed by atoms with Crippen molar-refractivity contribution in [2.45, 2.75) is 16.7 Å². The molecule has 1 aromatic heterocycles. The molecule has 0 bridgehead atoms. The normalized spacial score (nSPS) is 15.8. The van der Waals surface area contributed by atoms with Crippen LogP contribution >= 0.6 is 0 Å². The molecule has 0 spiro atoms. The molecule has 132 valence electrons. The average molecular weight is 374 g/mol. The van der Waals surface area contributed by atoms with Gasteiger partial charge in [0.1, 0.15) is 0 Å². The smallest absolute Gasteiger partial charge is 0.266 e. The zero-order chi connectivity index (χ0) is 18.5.